The van der Waals surface area contributed by atoms with Crippen LogP contribution >= 0.6 is 20.7 Å². The van der Waals surface area contributed by atoms with Crippen molar-refractivity contribution in [3.05, 3.63) is 75.5 Å². The number of nitrogens with two attached hydrogens (primary N) is 1. The topological polar surface area (TPSA) is 160 Å². The van der Waals surface area contributed by atoms with Crippen molar-refractivity contribution in [2.75, 3.05) is 0 Å². The molecule has 3 N–H and O–H groups in total. The number of nitrogens with one attached hydrogen (secondary N) is 1. The molecule has 1 aliphatic heterocycles. The first kappa shape index (κ1) is 28.3. The molecule has 41 heavy (non-hydrogen) atoms. The third-order valence-corrected chi connectivity index (χ3v) is 9.59. The number of nitrogens with zero attached hydrogens (tertiary/aromatic N) is 2. The van der Waals surface area contributed by atoms with Gasteiger partial charge in [0.15, 0.2) is 3.51 Å². The summed E-state index contributed by atoms with van der Waals surface area (Å²) >= 11 is -1.18. The summed E-state index contributed by atoms with van der Waals surface area (Å²) in [5, 5.41) is 7.06. The quantitative estimate of drug-likeness (QED) is 0.210. The van der Waals surface area contributed by atoms with E-state index >= 15 is 0 Å². The summed E-state index contributed by atoms with van der Waals surface area (Å²) in [6.45, 7) is 0. The largest absolute Gasteiger partial charge is 0.418 e. The first-order chi connectivity index (χ1) is 19.6. The van der Waals surface area contributed by atoms with Crippen LogP contribution in [0.15, 0.2) is 60.8 Å². The molecule has 1 saturated heterocycles. The average Bonchev–Trinajstić information content (AvgIpc) is 3.57. The molecule has 11 nitrogen and oxygen atoms in total. The van der Waals surface area contributed by atoms with Crippen LogP contribution in [0.25, 0.3) is 11.3 Å². The fraction of sp³-hybridized carbons (Fsp3) is 0.276. The molecule has 2 fully saturated rings. The van der Waals surface area contributed by atoms with E-state index in [-0.39, 0.29) is 15.5 Å². The number of esters is 2. The summed E-state index contributed by atoms with van der Waals surface area (Å²) in [6.07, 6.45) is 4.34. The number of halogens is 1. The summed E-state index contributed by atoms with van der Waals surface area (Å²) in [6, 6.07) is 14.8. The molecule has 2 aliphatic rings. The minimum absolute atomic E-state index is 0.0375. The van der Waals surface area contributed by atoms with Crippen LogP contribution < -0.4 is 11.1 Å². The molecule has 3 aromatic rings. The van der Waals surface area contributed by atoms with Crippen LogP contribution in [-0.2, 0) is 42.1 Å². The van der Waals surface area contributed by atoms with Crippen molar-refractivity contribution in [2.45, 2.75) is 43.9 Å². The number of aromatic nitrogens is 2. The number of primary amides is 1. The number of benzene rings is 2. The number of ether oxygens (including phenoxy) is 2. The number of ketones is 1. The van der Waals surface area contributed by atoms with Gasteiger partial charge in [-0.1, -0.05) is 63.2 Å². The van der Waals surface area contributed by atoms with Crippen molar-refractivity contribution < 1.29 is 33.4 Å². The van der Waals surface area contributed by atoms with E-state index in [0.29, 0.717) is 24.1 Å². The number of carbonyl (C=O) groups excluding carboxylic acids is 5. The number of hydrogen-bond acceptors (Lipinski definition) is 8. The van der Waals surface area contributed by atoms with Gasteiger partial charge in [-0.25, -0.2) is 9.59 Å². The van der Waals surface area contributed by atoms with Gasteiger partial charge in [-0.05, 0) is 30.5 Å². The fourth-order valence-corrected chi connectivity index (χ4v) is 6.84. The van der Waals surface area contributed by atoms with E-state index in [2.05, 4.69) is 10.4 Å². The lowest BCUT2D eigenvalue weighted by molar-refractivity contribution is -0.224. The number of Topliss-reactive ketones (excluding diaryl/α,β-unsaturated/α-hetero) is 1. The molecule has 212 valence electrons. The van der Waals surface area contributed by atoms with Crippen LogP contribution in [0.1, 0.15) is 41.6 Å². The molecule has 12 heteroatoms. The molecule has 1 spiro atoms. The second-order valence-corrected chi connectivity index (χ2v) is 12.7. The fourth-order valence-electron chi connectivity index (χ4n) is 4.84. The highest BCUT2D eigenvalue weighted by Crippen LogP contribution is 2.38. The highest BCUT2D eigenvalue weighted by Gasteiger charge is 2.48. The second kappa shape index (κ2) is 11.7. The van der Waals surface area contributed by atoms with Crippen LogP contribution in [0.2, 0.25) is 0 Å². The molecule has 1 aromatic heterocycles. The monoisotopic (exact) mass is 670 g/mol. The van der Waals surface area contributed by atoms with Gasteiger partial charge in [0.25, 0.3) is 17.6 Å². The number of rotatable bonds is 8. The molecular formula is C29H27IN4O7. The van der Waals surface area contributed by atoms with Crippen molar-refractivity contribution >= 4 is 53.8 Å². The van der Waals surface area contributed by atoms with Crippen molar-refractivity contribution in [1.82, 2.24) is 15.1 Å². The highest BCUT2D eigenvalue weighted by molar-refractivity contribution is 14.2. The first-order valence-corrected chi connectivity index (χ1v) is 15.1. The van der Waals surface area contributed by atoms with Crippen LogP contribution in [0.3, 0.4) is 0 Å². The molecule has 2 aromatic carbocycles. The van der Waals surface area contributed by atoms with Crippen molar-refractivity contribution in [3.8, 4) is 11.3 Å². The Morgan fingerprint density at radius 1 is 1.02 bits per heavy atom. The number of aryl methyl sites for hydroxylation is 1. The third kappa shape index (κ3) is 6.26. The number of hydrogen-bond donors (Lipinski definition) is 2. The van der Waals surface area contributed by atoms with Crippen LogP contribution in [0.5, 0.6) is 0 Å². The zero-order chi connectivity index (χ0) is 29.1. The van der Waals surface area contributed by atoms with Crippen LogP contribution in [-0.4, -0.2) is 54.7 Å². The molecule has 2 amide bonds. The van der Waals surface area contributed by atoms with Gasteiger partial charge in [-0.2, -0.15) is 5.10 Å². The molecule has 2 heterocycles. The second-order valence-electron chi connectivity index (χ2n) is 9.82. The summed E-state index contributed by atoms with van der Waals surface area (Å²) < 4.78 is 13.3. The Bertz CT molecular complexity index is 1540. The molecule has 1 aliphatic carbocycles. The zero-order valence-corrected chi connectivity index (χ0v) is 24.3. The Labute approximate surface area is 245 Å². The van der Waals surface area contributed by atoms with Crippen molar-refractivity contribution in [1.29, 1.82) is 0 Å². The summed E-state index contributed by atoms with van der Waals surface area (Å²) in [5.41, 5.74) is 7.15. The maximum atomic E-state index is 13.3. The van der Waals surface area contributed by atoms with E-state index in [1.54, 1.807) is 55.6 Å². The average molecular weight is 670 g/mol. The van der Waals surface area contributed by atoms with Gasteiger partial charge in [-0.3, -0.25) is 19.1 Å². The van der Waals surface area contributed by atoms with Crippen LogP contribution in [0, 0.1) is 3.57 Å². The molecule has 0 bridgehead atoms. The lowest BCUT2D eigenvalue weighted by atomic mass is 10.0. The maximum Gasteiger partial charge on any atom is 0.354 e. The van der Waals surface area contributed by atoms with Gasteiger partial charge in [-0.15, -0.1) is 0 Å². The van der Waals surface area contributed by atoms with Gasteiger partial charge >= 0.3 is 11.9 Å². The SMILES string of the molecule is Cn1cc(C(=O)NC(Cc2ccccc2)C(=O)C(N)=O)c(-c2ccc(I=C3C(=O)OC4(CCCC4)OC3=O)cc2)n1. The Kier molecular flexibility index (Phi) is 8.10. The van der Waals surface area contributed by atoms with E-state index in [4.69, 9.17) is 15.2 Å². The minimum Gasteiger partial charge on any atom is -0.418 e. The predicted octanol–water partition coefficient (Wildman–Crippen LogP) is 2.17. The maximum absolute atomic E-state index is 13.3. The first-order valence-electron chi connectivity index (χ1n) is 12.9. The molecular weight excluding hydrogens is 643 g/mol. The van der Waals surface area contributed by atoms with Crippen molar-refractivity contribution in [3.63, 3.8) is 0 Å². The van der Waals surface area contributed by atoms with E-state index in [0.717, 1.165) is 22.0 Å². The predicted molar refractivity (Wildman–Crippen MR) is 155 cm³/mol. The summed E-state index contributed by atoms with van der Waals surface area (Å²) in [5.74, 6) is -4.97. The van der Waals surface area contributed by atoms with E-state index < -0.39 is 62.1 Å². The van der Waals surface area contributed by atoms with Gasteiger partial charge < -0.3 is 20.5 Å². The Morgan fingerprint density at radius 3 is 2.27 bits per heavy atom. The molecule has 1 saturated carbocycles. The van der Waals surface area contributed by atoms with Gasteiger partial charge in [0.05, 0.1) is 5.56 Å². The van der Waals surface area contributed by atoms with Crippen LogP contribution in [0.4, 0.5) is 0 Å². The normalized spacial score (nSPS) is 16.7. The molecule has 1 unspecified atom stereocenters. The Balaban J connectivity index is 1.35. The van der Waals surface area contributed by atoms with Gasteiger partial charge in [0.2, 0.25) is 5.78 Å². The lowest BCUT2D eigenvalue weighted by Crippen LogP contribution is -2.48. The molecule has 5 rings (SSSR count). The highest BCUT2D eigenvalue weighted by atomic mass is 127. The third-order valence-electron chi connectivity index (χ3n) is 6.82. The van der Waals surface area contributed by atoms with Gasteiger partial charge in [0.1, 0.15) is 11.7 Å². The van der Waals surface area contributed by atoms with E-state index in [9.17, 15) is 24.0 Å². The Morgan fingerprint density at radius 2 is 1.66 bits per heavy atom. The van der Waals surface area contributed by atoms with Gasteiger partial charge in [0, 0.05) is 41.6 Å². The summed E-state index contributed by atoms with van der Waals surface area (Å²) in [4.78, 5) is 62.8. The summed E-state index contributed by atoms with van der Waals surface area (Å²) in [7, 11) is 1.66. The Hall–Kier alpha value is -4.20. The number of carbonyl (C=O) groups is 5. The lowest BCUT2D eigenvalue weighted by Gasteiger charge is -2.32. The molecule has 1 atom stereocenters. The smallest absolute Gasteiger partial charge is 0.354 e. The zero-order valence-electron chi connectivity index (χ0n) is 22.1. The van der Waals surface area contributed by atoms with E-state index in [1.165, 1.54) is 10.9 Å². The molecule has 0 radical (unpaired) electrons. The minimum atomic E-state index is -1.18. The van der Waals surface area contributed by atoms with Crippen molar-refractivity contribution in [2.24, 2.45) is 12.8 Å². The number of amides is 2. The standard InChI is InChI=1S/C29H27IN4O7/c1-34-16-20(26(37)32-21(24(35)25(31)36)15-17-7-3-2-4-8-17)23(33-34)18-9-11-19(12-10-18)30-22-27(38)40-29(41-28(22)39)13-5-6-14-29/h2-4,7-12,16,21H,5-6,13-15H2,1H3,(H2,31,36)(H,32,37). The van der Waals surface area contributed by atoms with E-state index in [1.807, 2.05) is 6.07 Å².